The number of ether oxygens (including phenoxy) is 1. The van der Waals surface area contributed by atoms with E-state index in [1.54, 1.807) is 18.2 Å². The Kier molecular flexibility index (Phi) is 2.75. The number of aromatic nitrogens is 1. The molecule has 1 fully saturated rings. The molecule has 2 heterocycles. The zero-order valence-corrected chi connectivity index (χ0v) is 11.3. The highest BCUT2D eigenvalue weighted by atomic mass is 16.5. The van der Waals surface area contributed by atoms with Crippen LogP contribution in [0.2, 0.25) is 0 Å². The van der Waals surface area contributed by atoms with Gasteiger partial charge in [-0.15, -0.1) is 0 Å². The third kappa shape index (κ3) is 1.85. The molecule has 0 radical (unpaired) electrons. The molecule has 1 aliphatic carbocycles. The van der Waals surface area contributed by atoms with E-state index in [-0.39, 0.29) is 11.6 Å². The van der Waals surface area contributed by atoms with Crippen molar-refractivity contribution in [1.29, 1.82) is 0 Å². The topological polar surface area (TPSA) is 69.4 Å². The van der Waals surface area contributed by atoms with Gasteiger partial charge in [0.1, 0.15) is 0 Å². The van der Waals surface area contributed by atoms with Crippen LogP contribution in [0.3, 0.4) is 0 Å². The molecule has 0 N–H and O–H groups in total. The lowest BCUT2D eigenvalue weighted by Crippen LogP contribution is -2.21. The van der Waals surface area contributed by atoms with Crippen molar-refractivity contribution in [3.8, 4) is 11.3 Å². The molecule has 0 unspecified atom stereocenters. The molecule has 1 aromatic heterocycles. The number of rotatable bonds is 1. The number of carbonyl (C=O) groups excluding carboxylic acids is 2. The highest BCUT2D eigenvalue weighted by molar-refractivity contribution is 6.52. The average Bonchev–Trinajstić information content (AvgIpc) is 2.99. The number of carbonyl (C=O) groups is 2. The molecule has 21 heavy (non-hydrogen) atoms. The fraction of sp³-hybridized carbons (Fsp3) is 0.312. The van der Waals surface area contributed by atoms with E-state index in [2.05, 4.69) is 4.98 Å². The summed E-state index contributed by atoms with van der Waals surface area (Å²) in [6.07, 6.45) is 1.65. The van der Waals surface area contributed by atoms with Crippen molar-refractivity contribution in [1.82, 2.24) is 4.98 Å². The second-order valence-corrected chi connectivity index (χ2v) is 5.32. The van der Waals surface area contributed by atoms with Crippen LogP contribution in [0.1, 0.15) is 45.5 Å². The number of ketones is 2. The molecule has 0 atom stereocenters. The Morgan fingerprint density at radius 2 is 1.71 bits per heavy atom. The van der Waals surface area contributed by atoms with E-state index in [1.807, 2.05) is 6.07 Å². The molecule has 2 aliphatic rings. The van der Waals surface area contributed by atoms with Crippen LogP contribution >= 0.6 is 0 Å². The Balaban J connectivity index is 1.84. The minimum atomic E-state index is -0.578. The van der Waals surface area contributed by atoms with Gasteiger partial charge in [-0.2, -0.15) is 0 Å². The smallest absolute Gasteiger partial charge is 0.255 e. The Hall–Kier alpha value is -2.27. The van der Waals surface area contributed by atoms with Crippen LogP contribution in [0.5, 0.6) is 0 Å². The molecule has 106 valence electrons. The van der Waals surface area contributed by atoms with E-state index in [4.69, 9.17) is 9.15 Å². The van der Waals surface area contributed by atoms with Crippen LogP contribution in [-0.4, -0.2) is 29.8 Å². The van der Waals surface area contributed by atoms with Crippen LogP contribution in [0, 0.1) is 0 Å². The first-order valence-corrected chi connectivity index (χ1v) is 7.02. The predicted molar refractivity (Wildman–Crippen MR) is 73.4 cm³/mol. The highest BCUT2D eigenvalue weighted by Gasteiger charge is 2.36. The van der Waals surface area contributed by atoms with Crippen molar-refractivity contribution >= 4 is 11.6 Å². The normalized spacial score (nSPS) is 18.5. The van der Waals surface area contributed by atoms with Crippen molar-refractivity contribution < 1.29 is 18.7 Å². The standard InChI is InChI=1S/C16H13NO4/c18-13-10-3-1-2-4-11(10)15-12(14(13)19)17-16(21-15)9-5-7-20-8-6-9/h1-4,9H,5-8H2. The molecule has 0 spiro atoms. The van der Waals surface area contributed by atoms with Crippen LogP contribution in [0.15, 0.2) is 28.7 Å². The molecule has 0 saturated carbocycles. The van der Waals surface area contributed by atoms with Crippen LogP contribution in [0.25, 0.3) is 11.3 Å². The zero-order valence-electron chi connectivity index (χ0n) is 11.3. The lowest BCUT2D eigenvalue weighted by atomic mass is 9.91. The molecule has 4 rings (SSSR count). The summed E-state index contributed by atoms with van der Waals surface area (Å²) in [5.41, 5.74) is 1.20. The number of oxazole rings is 1. The van der Waals surface area contributed by atoms with Gasteiger partial charge in [0.15, 0.2) is 17.3 Å². The van der Waals surface area contributed by atoms with E-state index >= 15 is 0 Å². The van der Waals surface area contributed by atoms with E-state index in [0.29, 0.717) is 36.0 Å². The first kappa shape index (κ1) is 12.5. The number of Topliss-reactive ketones (excluding diaryl/α,β-unsaturated/α-hetero) is 2. The second kappa shape index (κ2) is 4.63. The molecular formula is C16H13NO4. The number of fused-ring (bicyclic) bond motifs is 3. The molecule has 1 aliphatic heterocycles. The van der Waals surface area contributed by atoms with E-state index in [9.17, 15) is 9.59 Å². The molecule has 2 aromatic rings. The summed E-state index contributed by atoms with van der Waals surface area (Å²) in [4.78, 5) is 28.6. The Morgan fingerprint density at radius 1 is 1.00 bits per heavy atom. The number of nitrogens with zero attached hydrogens (tertiary/aromatic N) is 1. The molecule has 0 amide bonds. The van der Waals surface area contributed by atoms with Gasteiger partial charge in [-0.1, -0.05) is 24.3 Å². The fourth-order valence-electron chi connectivity index (χ4n) is 2.90. The van der Waals surface area contributed by atoms with E-state index < -0.39 is 11.6 Å². The summed E-state index contributed by atoms with van der Waals surface area (Å²) in [5.74, 6) is 0.0351. The van der Waals surface area contributed by atoms with Gasteiger partial charge in [-0.05, 0) is 12.8 Å². The van der Waals surface area contributed by atoms with E-state index in [0.717, 1.165) is 12.8 Å². The van der Waals surface area contributed by atoms with Gasteiger partial charge in [0, 0.05) is 30.3 Å². The Bertz CT molecular complexity index is 740. The second-order valence-electron chi connectivity index (χ2n) is 5.32. The molecule has 0 bridgehead atoms. The quantitative estimate of drug-likeness (QED) is 0.752. The minimum Gasteiger partial charge on any atom is -0.440 e. The maximum Gasteiger partial charge on any atom is 0.255 e. The van der Waals surface area contributed by atoms with Gasteiger partial charge in [0.2, 0.25) is 5.78 Å². The largest absolute Gasteiger partial charge is 0.440 e. The van der Waals surface area contributed by atoms with Crippen molar-refractivity contribution in [2.24, 2.45) is 0 Å². The molecule has 1 saturated heterocycles. The lowest BCUT2D eigenvalue weighted by Gasteiger charge is -2.18. The summed E-state index contributed by atoms with van der Waals surface area (Å²) in [6, 6.07) is 7.00. The molecule has 5 nitrogen and oxygen atoms in total. The van der Waals surface area contributed by atoms with Gasteiger partial charge in [0.25, 0.3) is 5.78 Å². The van der Waals surface area contributed by atoms with Crippen molar-refractivity contribution in [2.75, 3.05) is 13.2 Å². The highest BCUT2D eigenvalue weighted by Crippen LogP contribution is 2.37. The maximum absolute atomic E-state index is 12.2. The lowest BCUT2D eigenvalue weighted by molar-refractivity contribution is 0.0795. The third-order valence-electron chi connectivity index (χ3n) is 4.05. The van der Waals surface area contributed by atoms with Gasteiger partial charge < -0.3 is 9.15 Å². The average molecular weight is 283 g/mol. The summed E-state index contributed by atoms with van der Waals surface area (Å²) >= 11 is 0. The first-order valence-electron chi connectivity index (χ1n) is 7.02. The number of hydrogen-bond donors (Lipinski definition) is 0. The first-order chi connectivity index (χ1) is 10.3. The Labute approximate surface area is 120 Å². The molecule has 1 aromatic carbocycles. The molecular weight excluding hydrogens is 270 g/mol. The summed E-state index contributed by atoms with van der Waals surface area (Å²) < 4.78 is 11.2. The van der Waals surface area contributed by atoms with Crippen LogP contribution in [-0.2, 0) is 4.74 Å². The monoisotopic (exact) mass is 283 g/mol. The predicted octanol–water partition coefficient (Wildman–Crippen LogP) is 2.61. The zero-order chi connectivity index (χ0) is 14.4. The maximum atomic E-state index is 12.2. The Morgan fingerprint density at radius 3 is 2.48 bits per heavy atom. The van der Waals surface area contributed by atoms with Crippen LogP contribution < -0.4 is 0 Å². The van der Waals surface area contributed by atoms with Crippen LogP contribution in [0.4, 0.5) is 0 Å². The third-order valence-corrected chi connectivity index (χ3v) is 4.05. The van der Waals surface area contributed by atoms with Gasteiger partial charge in [-0.25, -0.2) is 4.98 Å². The van der Waals surface area contributed by atoms with Gasteiger partial charge in [-0.3, -0.25) is 9.59 Å². The number of benzene rings is 1. The van der Waals surface area contributed by atoms with Gasteiger partial charge in [0.05, 0.1) is 0 Å². The molecule has 5 heteroatoms. The minimum absolute atomic E-state index is 0.152. The fourth-order valence-corrected chi connectivity index (χ4v) is 2.90. The van der Waals surface area contributed by atoms with Gasteiger partial charge >= 0.3 is 0 Å². The summed E-state index contributed by atoms with van der Waals surface area (Å²) in [7, 11) is 0. The van der Waals surface area contributed by atoms with E-state index in [1.165, 1.54) is 0 Å². The SMILES string of the molecule is O=C1C(=O)c2nc(C3CCOCC3)oc2-c2ccccc21. The summed E-state index contributed by atoms with van der Waals surface area (Å²) in [6.45, 7) is 1.34. The van der Waals surface area contributed by atoms with Crippen molar-refractivity contribution in [3.63, 3.8) is 0 Å². The van der Waals surface area contributed by atoms with Crippen molar-refractivity contribution in [3.05, 3.63) is 41.4 Å². The van der Waals surface area contributed by atoms with Crippen molar-refractivity contribution in [2.45, 2.75) is 18.8 Å². The summed E-state index contributed by atoms with van der Waals surface area (Å²) in [5, 5.41) is 0. The number of hydrogen-bond acceptors (Lipinski definition) is 5.